The van der Waals surface area contributed by atoms with Gasteiger partial charge in [0.1, 0.15) is 0 Å². The number of nitrogens with one attached hydrogen (secondary N) is 1. The molecule has 0 saturated heterocycles. The van der Waals surface area contributed by atoms with Crippen molar-refractivity contribution in [2.24, 2.45) is 17.8 Å². The Balaban J connectivity index is 1.66. The van der Waals surface area contributed by atoms with E-state index in [-0.39, 0.29) is 10.8 Å². The maximum absolute atomic E-state index is 12.6. The van der Waals surface area contributed by atoms with Crippen LogP contribution >= 0.6 is 0 Å². The van der Waals surface area contributed by atoms with E-state index in [1.54, 1.807) is 24.3 Å². The van der Waals surface area contributed by atoms with E-state index in [2.05, 4.69) is 5.32 Å². The number of hydrogen-bond acceptors (Lipinski definition) is 3. The topological polar surface area (TPSA) is 66.5 Å². The van der Waals surface area contributed by atoms with Crippen molar-refractivity contribution in [1.82, 2.24) is 4.31 Å². The quantitative estimate of drug-likeness (QED) is 0.805. The Bertz CT molecular complexity index is 728. The van der Waals surface area contributed by atoms with Crippen LogP contribution in [0.25, 0.3) is 0 Å². The van der Waals surface area contributed by atoms with Crippen LogP contribution in [0.1, 0.15) is 46.0 Å². The lowest BCUT2D eigenvalue weighted by Gasteiger charge is -2.21. The lowest BCUT2D eigenvalue weighted by molar-refractivity contribution is -0.117. The summed E-state index contributed by atoms with van der Waals surface area (Å²) in [6.45, 7) is 4.50. The zero-order chi connectivity index (χ0) is 18.0. The Labute approximate surface area is 150 Å². The SMILES string of the molecule is CCN(CC)S(=O)(=O)c1cccc(NC(=O)C[C@H]2C[C@H]3CC[C@@H]2C3)c1. The highest BCUT2D eigenvalue weighted by Gasteiger charge is 2.40. The molecule has 2 fully saturated rings. The van der Waals surface area contributed by atoms with Crippen molar-refractivity contribution in [3.63, 3.8) is 0 Å². The summed E-state index contributed by atoms with van der Waals surface area (Å²) in [5.41, 5.74) is 0.557. The summed E-state index contributed by atoms with van der Waals surface area (Å²) in [6.07, 6.45) is 5.60. The number of anilines is 1. The summed E-state index contributed by atoms with van der Waals surface area (Å²) >= 11 is 0. The van der Waals surface area contributed by atoms with Gasteiger partial charge in [-0.25, -0.2) is 8.42 Å². The van der Waals surface area contributed by atoms with Crippen LogP contribution in [0, 0.1) is 17.8 Å². The first-order valence-corrected chi connectivity index (χ1v) is 10.8. The molecule has 25 heavy (non-hydrogen) atoms. The van der Waals surface area contributed by atoms with E-state index >= 15 is 0 Å². The molecule has 6 heteroatoms. The monoisotopic (exact) mass is 364 g/mol. The van der Waals surface area contributed by atoms with Gasteiger partial charge in [-0.1, -0.05) is 26.3 Å². The van der Waals surface area contributed by atoms with Gasteiger partial charge >= 0.3 is 0 Å². The minimum atomic E-state index is -3.51. The van der Waals surface area contributed by atoms with Crippen molar-refractivity contribution in [2.45, 2.75) is 50.8 Å². The predicted molar refractivity (Wildman–Crippen MR) is 98.7 cm³/mol. The maximum atomic E-state index is 12.6. The molecule has 2 bridgehead atoms. The van der Waals surface area contributed by atoms with Crippen LogP contribution in [-0.2, 0) is 14.8 Å². The van der Waals surface area contributed by atoms with Crippen molar-refractivity contribution in [3.05, 3.63) is 24.3 Å². The smallest absolute Gasteiger partial charge is 0.243 e. The second-order valence-corrected chi connectivity index (χ2v) is 9.24. The Hall–Kier alpha value is -1.40. The van der Waals surface area contributed by atoms with Crippen LogP contribution in [0.3, 0.4) is 0 Å². The average Bonchev–Trinajstić information content (AvgIpc) is 3.18. The number of sulfonamides is 1. The lowest BCUT2D eigenvalue weighted by atomic mass is 9.86. The molecule has 2 aliphatic rings. The van der Waals surface area contributed by atoms with E-state index in [0.29, 0.717) is 37.0 Å². The third-order valence-electron chi connectivity index (χ3n) is 5.79. The molecule has 0 heterocycles. The zero-order valence-electron chi connectivity index (χ0n) is 15.1. The second-order valence-electron chi connectivity index (χ2n) is 7.30. The summed E-state index contributed by atoms with van der Waals surface area (Å²) < 4.78 is 26.6. The predicted octanol–water partition coefficient (Wildman–Crippen LogP) is 3.48. The van der Waals surface area contributed by atoms with Crippen molar-refractivity contribution in [2.75, 3.05) is 18.4 Å². The van der Waals surface area contributed by atoms with Gasteiger partial charge in [0.2, 0.25) is 15.9 Å². The van der Waals surface area contributed by atoms with Gasteiger partial charge in [-0.15, -0.1) is 0 Å². The maximum Gasteiger partial charge on any atom is 0.243 e. The Kier molecular flexibility index (Phi) is 5.49. The molecule has 1 aromatic rings. The highest BCUT2D eigenvalue weighted by molar-refractivity contribution is 7.89. The summed E-state index contributed by atoms with van der Waals surface area (Å²) in [5.74, 6) is 2.03. The fourth-order valence-electron chi connectivity index (χ4n) is 4.52. The van der Waals surface area contributed by atoms with Gasteiger partial charge in [-0.2, -0.15) is 4.31 Å². The third kappa shape index (κ3) is 3.90. The molecule has 0 radical (unpaired) electrons. The Morgan fingerprint density at radius 2 is 1.96 bits per heavy atom. The van der Waals surface area contributed by atoms with Gasteiger partial charge in [0, 0.05) is 25.2 Å². The molecule has 0 aliphatic heterocycles. The van der Waals surface area contributed by atoms with Crippen LogP contribution in [0.4, 0.5) is 5.69 Å². The molecule has 3 rings (SSSR count). The van der Waals surface area contributed by atoms with E-state index in [0.717, 1.165) is 5.92 Å². The number of benzene rings is 1. The fourth-order valence-corrected chi connectivity index (χ4v) is 6.03. The highest BCUT2D eigenvalue weighted by atomic mass is 32.2. The highest BCUT2D eigenvalue weighted by Crippen LogP contribution is 2.49. The summed E-state index contributed by atoms with van der Waals surface area (Å²) in [5, 5.41) is 2.89. The molecule has 1 N–H and O–H groups in total. The number of hydrogen-bond donors (Lipinski definition) is 1. The first-order chi connectivity index (χ1) is 11.9. The van der Waals surface area contributed by atoms with Gasteiger partial charge in [-0.3, -0.25) is 4.79 Å². The number of rotatable bonds is 7. The molecule has 1 amide bonds. The number of nitrogens with zero attached hydrogens (tertiary/aromatic N) is 1. The molecule has 2 aliphatic carbocycles. The first-order valence-electron chi connectivity index (χ1n) is 9.34. The third-order valence-corrected chi connectivity index (χ3v) is 7.84. The first kappa shape index (κ1) is 18.4. The van der Waals surface area contributed by atoms with Gasteiger partial charge in [-0.05, 0) is 55.2 Å². The van der Waals surface area contributed by atoms with Crippen molar-refractivity contribution in [1.29, 1.82) is 0 Å². The summed E-state index contributed by atoms with van der Waals surface area (Å²) in [4.78, 5) is 12.6. The molecule has 2 saturated carbocycles. The molecule has 138 valence electrons. The van der Waals surface area contributed by atoms with Crippen molar-refractivity contribution < 1.29 is 13.2 Å². The molecule has 1 aromatic carbocycles. The minimum Gasteiger partial charge on any atom is -0.326 e. The van der Waals surface area contributed by atoms with Gasteiger partial charge in [0.05, 0.1) is 4.90 Å². The molecule has 3 atom stereocenters. The Morgan fingerprint density at radius 1 is 1.20 bits per heavy atom. The minimum absolute atomic E-state index is 0.00469. The van der Waals surface area contributed by atoms with E-state index in [1.807, 2.05) is 13.8 Å². The molecule has 5 nitrogen and oxygen atoms in total. The number of carbonyl (C=O) groups excluding carboxylic acids is 1. The van der Waals surface area contributed by atoms with Crippen molar-refractivity contribution in [3.8, 4) is 0 Å². The molecule has 0 unspecified atom stereocenters. The average molecular weight is 365 g/mol. The van der Waals surface area contributed by atoms with Gasteiger partial charge in [0.15, 0.2) is 0 Å². The molecular weight excluding hydrogens is 336 g/mol. The van der Waals surface area contributed by atoms with E-state index in [1.165, 1.54) is 30.0 Å². The lowest BCUT2D eigenvalue weighted by Crippen LogP contribution is -2.30. The zero-order valence-corrected chi connectivity index (χ0v) is 15.9. The molecular formula is C19H28N2O3S. The van der Waals surface area contributed by atoms with Crippen LogP contribution in [0.2, 0.25) is 0 Å². The summed E-state index contributed by atoms with van der Waals surface area (Å²) in [6, 6.07) is 6.58. The van der Waals surface area contributed by atoms with Crippen LogP contribution in [0.15, 0.2) is 29.2 Å². The number of fused-ring (bicyclic) bond motifs is 2. The summed E-state index contributed by atoms with van der Waals surface area (Å²) in [7, 11) is -3.51. The van der Waals surface area contributed by atoms with Crippen molar-refractivity contribution >= 4 is 21.6 Å². The Morgan fingerprint density at radius 3 is 2.56 bits per heavy atom. The van der Waals surface area contributed by atoms with Gasteiger partial charge in [0.25, 0.3) is 0 Å². The molecule has 0 spiro atoms. The van der Waals surface area contributed by atoms with Crippen LogP contribution in [-0.4, -0.2) is 31.7 Å². The van der Waals surface area contributed by atoms with E-state index < -0.39 is 10.0 Å². The standard InChI is InChI=1S/C19H28N2O3S/c1-3-21(4-2)25(23,24)18-7-5-6-17(13-18)20-19(22)12-16-11-14-8-9-15(16)10-14/h5-7,13-16H,3-4,8-12H2,1-2H3,(H,20,22)/t14-,15+,16+/m0/s1. The van der Waals surface area contributed by atoms with E-state index in [9.17, 15) is 13.2 Å². The second kappa shape index (κ2) is 7.46. The van der Waals surface area contributed by atoms with Gasteiger partial charge < -0.3 is 5.32 Å². The fraction of sp³-hybridized carbons (Fsp3) is 0.632. The van der Waals surface area contributed by atoms with Crippen LogP contribution in [0.5, 0.6) is 0 Å². The number of amides is 1. The molecule has 0 aromatic heterocycles. The largest absolute Gasteiger partial charge is 0.326 e. The van der Waals surface area contributed by atoms with Crippen LogP contribution < -0.4 is 5.32 Å². The van der Waals surface area contributed by atoms with E-state index in [4.69, 9.17) is 0 Å². The normalized spacial score (nSPS) is 25.5. The number of carbonyl (C=O) groups is 1.